The van der Waals surface area contributed by atoms with Gasteiger partial charge in [0.1, 0.15) is 0 Å². The molecule has 1 saturated heterocycles. The van der Waals surface area contributed by atoms with Gasteiger partial charge in [-0.1, -0.05) is 13.8 Å². The van der Waals surface area contributed by atoms with Gasteiger partial charge in [0.25, 0.3) is 0 Å². The first-order valence-corrected chi connectivity index (χ1v) is 5.47. The summed E-state index contributed by atoms with van der Waals surface area (Å²) in [7, 11) is -2.02. The molecule has 1 rings (SSSR count). The quantitative estimate of drug-likeness (QED) is 0.376. The summed E-state index contributed by atoms with van der Waals surface area (Å²) in [4.78, 5) is 0. The number of hydrogen-bond donors (Lipinski definition) is 0. The molecule has 5 heteroatoms. The normalized spacial score (nSPS) is 32.6. The molecule has 0 aromatic rings. The zero-order chi connectivity index (χ0) is 5.98. The highest BCUT2D eigenvalue weighted by atomic mass is 28.4. The molecule has 8 heavy (non-hydrogen) atoms. The molecule has 48 valence electrons. The fourth-order valence-corrected chi connectivity index (χ4v) is 4.02. The van der Waals surface area contributed by atoms with Crippen LogP contribution in [-0.4, -0.2) is 19.3 Å². The predicted octanol–water partition coefficient (Wildman–Crippen LogP) is -0.406. The van der Waals surface area contributed by atoms with Gasteiger partial charge in [0, 0.05) is 0 Å². The summed E-state index contributed by atoms with van der Waals surface area (Å²) in [5, 5.41) is 0. The standard InChI is InChI=1S/C3H10O3Si2/c1-3(2)8-5-4-7-6-8/h3,8H,7H2,1-2H3. The molecule has 0 aliphatic carbocycles. The molecule has 1 aliphatic rings. The van der Waals surface area contributed by atoms with Gasteiger partial charge < -0.3 is 4.12 Å². The SMILES string of the molecule is CC(C)[SiH]1OO[SiH2]O1. The van der Waals surface area contributed by atoms with E-state index in [1.807, 2.05) is 0 Å². The fourth-order valence-electron chi connectivity index (χ4n) is 0.521. The molecule has 0 N–H and O–H groups in total. The van der Waals surface area contributed by atoms with Crippen molar-refractivity contribution in [3.63, 3.8) is 0 Å². The van der Waals surface area contributed by atoms with Crippen LogP contribution in [0, 0.1) is 0 Å². The lowest BCUT2D eigenvalue weighted by Gasteiger charge is -2.05. The monoisotopic (exact) mass is 150 g/mol. The lowest BCUT2D eigenvalue weighted by molar-refractivity contribution is -0.0938. The Labute approximate surface area is 52.8 Å². The Morgan fingerprint density at radius 2 is 2.25 bits per heavy atom. The average Bonchev–Trinajstić information content (AvgIpc) is 2.12. The third kappa shape index (κ3) is 1.39. The van der Waals surface area contributed by atoms with Gasteiger partial charge in [-0.3, -0.25) is 9.15 Å². The Hall–Kier alpha value is 0.314. The fraction of sp³-hybridized carbons (Fsp3) is 1.00. The van der Waals surface area contributed by atoms with Crippen LogP contribution in [-0.2, 0) is 13.3 Å². The first-order valence-electron chi connectivity index (χ1n) is 2.70. The van der Waals surface area contributed by atoms with Gasteiger partial charge >= 0.3 is 19.3 Å². The van der Waals surface area contributed by atoms with Crippen molar-refractivity contribution in [3.05, 3.63) is 0 Å². The van der Waals surface area contributed by atoms with Crippen LogP contribution >= 0.6 is 0 Å². The van der Waals surface area contributed by atoms with Crippen molar-refractivity contribution < 1.29 is 13.3 Å². The largest absolute Gasteiger partial charge is 0.418 e. The molecule has 1 atom stereocenters. The van der Waals surface area contributed by atoms with Crippen LogP contribution < -0.4 is 0 Å². The second-order valence-corrected chi connectivity index (χ2v) is 6.18. The summed E-state index contributed by atoms with van der Waals surface area (Å²) < 4.78 is 14.8. The first-order chi connectivity index (χ1) is 3.80. The van der Waals surface area contributed by atoms with E-state index < -0.39 is 19.3 Å². The van der Waals surface area contributed by atoms with Gasteiger partial charge in [-0.05, 0) is 5.54 Å². The van der Waals surface area contributed by atoms with Gasteiger partial charge in [0.2, 0.25) is 0 Å². The van der Waals surface area contributed by atoms with Gasteiger partial charge in [-0.2, -0.15) is 0 Å². The summed E-state index contributed by atoms with van der Waals surface area (Å²) in [5.74, 6) is 0. The molecule has 1 fully saturated rings. The van der Waals surface area contributed by atoms with Crippen molar-refractivity contribution in [3.8, 4) is 0 Å². The van der Waals surface area contributed by atoms with E-state index in [9.17, 15) is 0 Å². The number of hydrogen-bond acceptors (Lipinski definition) is 3. The highest BCUT2D eigenvalue weighted by molar-refractivity contribution is 6.54. The van der Waals surface area contributed by atoms with E-state index in [0.717, 1.165) is 0 Å². The summed E-state index contributed by atoms with van der Waals surface area (Å²) in [6.45, 7) is 4.19. The smallest absolute Gasteiger partial charge is 0.352 e. The van der Waals surface area contributed by atoms with E-state index >= 15 is 0 Å². The van der Waals surface area contributed by atoms with E-state index in [-0.39, 0.29) is 0 Å². The molecule has 0 radical (unpaired) electrons. The maximum Gasteiger partial charge on any atom is 0.352 e. The van der Waals surface area contributed by atoms with Crippen LogP contribution in [0.1, 0.15) is 13.8 Å². The Kier molecular flexibility index (Phi) is 2.20. The molecule has 0 spiro atoms. The Morgan fingerprint density at radius 3 is 2.50 bits per heavy atom. The van der Waals surface area contributed by atoms with Crippen molar-refractivity contribution in [2.45, 2.75) is 19.4 Å². The lowest BCUT2D eigenvalue weighted by Crippen LogP contribution is -2.17. The molecule has 0 saturated carbocycles. The van der Waals surface area contributed by atoms with Gasteiger partial charge in [-0.15, -0.1) is 0 Å². The van der Waals surface area contributed by atoms with E-state index in [4.69, 9.17) is 13.3 Å². The molecule has 0 aromatic carbocycles. The Balaban J connectivity index is 2.24. The molecule has 0 aromatic heterocycles. The molecule has 1 unspecified atom stereocenters. The molecular formula is C3H10O3Si2. The van der Waals surface area contributed by atoms with Crippen molar-refractivity contribution in [2.24, 2.45) is 0 Å². The lowest BCUT2D eigenvalue weighted by atomic mass is 10.6. The minimum absolute atomic E-state index is 0.546. The van der Waals surface area contributed by atoms with E-state index in [0.29, 0.717) is 5.54 Å². The minimum Gasteiger partial charge on any atom is -0.418 e. The van der Waals surface area contributed by atoms with Crippen molar-refractivity contribution in [1.29, 1.82) is 0 Å². The van der Waals surface area contributed by atoms with Gasteiger partial charge in [-0.25, -0.2) is 0 Å². The molecular weight excluding hydrogens is 140 g/mol. The average molecular weight is 150 g/mol. The van der Waals surface area contributed by atoms with Crippen LogP contribution in [0.2, 0.25) is 5.54 Å². The molecule has 0 bridgehead atoms. The van der Waals surface area contributed by atoms with Crippen molar-refractivity contribution >= 4 is 19.3 Å². The van der Waals surface area contributed by atoms with Crippen LogP contribution in [0.3, 0.4) is 0 Å². The maximum atomic E-state index is 5.25. The maximum absolute atomic E-state index is 5.25. The highest BCUT2D eigenvalue weighted by Crippen LogP contribution is 2.13. The number of rotatable bonds is 1. The predicted molar refractivity (Wildman–Crippen MR) is 34.0 cm³/mol. The summed E-state index contributed by atoms with van der Waals surface area (Å²) in [5.41, 5.74) is 0.546. The Morgan fingerprint density at radius 1 is 1.50 bits per heavy atom. The highest BCUT2D eigenvalue weighted by Gasteiger charge is 2.24. The minimum atomic E-state index is -1.31. The summed E-state index contributed by atoms with van der Waals surface area (Å²) >= 11 is 0. The van der Waals surface area contributed by atoms with Crippen LogP contribution in [0.4, 0.5) is 0 Å². The Bertz CT molecular complexity index is 70.9. The van der Waals surface area contributed by atoms with Gasteiger partial charge in [0.05, 0.1) is 0 Å². The zero-order valence-corrected chi connectivity index (χ0v) is 7.66. The van der Waals surface area contributed by atoms with Crippen molar-refractivity contribution in [2.75, 3.05) is 0 Å². The van der Waals surface area contributed by atoms with E-state index in [1.54, 1.807) is 0 Å². The van der Waals surface area contributed by atoms with E-state index in [2.05, 4.69) is 13.8 Å². The second kappa shape index (κ2) is 2.74. The van der Waals surface area contributed by atoms with E-state index in [1.165, 1.54) is 0 Å². The van der Waals surface area contributed by atoms with Crippen LogP contribution in [0.25, 0.3) is 0 Å². The summed E-state index contributed by atoms with van der Waals surface area (Å²) in [6, 6.07) is 0. The second-order valence-electron chi connectivity index (χ2n) is 2.11. The molecule has 1 aliphatic heterocycles. The third-order valence-electron chi connectivity index (χ3n) is 0.988. The summed E-state index contributed by atoms with van der Waals surface area (Å²) in [6.07, 6.45) is 0. The molecule has 1 heterocycles. The zero-order valence-electron chi connectivity index (χ0n) is 5.09. The third-order valence-corrected chi connectivity index (χ3v) is 4.76. The molecule has 0 amide bonds. The molecule has 3 nitrogen and oxygen atoms in total. The topological polar surface area (TPSA) is 27.7 Å². The van der Waals surface area contributed by atoms with Crippen LogP contribution in [0.5, 0.6) is 0 Å². The van der Waals surface area contributed by atoms with Gasteiger partial charge in [0.15, 0.2) is 0 Å². The first kappa shape index (κ1) is 6.43. The van der Waals surface area contributed by atoms with Crippen molar-refractivity contribution in [1.82, 2.24) is 0 Å². The van der Waals surface area contributed by atoms with Crippen LogP contribution in [0.15, 0.2) is 0 Å².